The Labute approximate surface area is 289 Å². The molecule has 0 spiro atoms. The normalized spacial score (nSPS) is 9.96. The smallest absolute Gasteiger partial charge is 0.0468 e. The number of hydrogen-bond donors (Lipinski definition) is 0. The van der Waals surface area contributed by atoms with Gasteiger partial charge in [-0.25, -0.2) is 0 Å². The van der Waals surface area contributed by atoms with Crippen molar-refractivity contribution in [3.8, 4) is 22.3 Å². The zero-order valence-electron chi connectivity index (χ0n) is 29.4. The second-order valence-electron chi connectivity index (χ2n) is 11.0. The quantitative estimate of drug-likeness (QED) is 0.177. The molecule has 0 amide bonds. The zero-order chi connectivity index (χ0) is 34.1. The lowest BCUT2D eigenvalue weighted by atomic mass is 10.0. The first kappa shape index (κ1) is 35.5. The van der Waals surface area contributed by atoms with Gasteiger partial charge in [-0.1, -0.05) is 180 Å². The minimum Gasteiger partial charge on any atom is -0.310 e. The van der Waals surface area contributed by atoms with E-state index in [2.05, 4.69) is 189 Å². The van der Waals surface area contributed by atoms with E-state index in [1.165, 1.54) is 44.2 Å². The van der Waals surface area contributed by atoms with E-state index in [-0.39, 0.29) is 0 Å². The molecule has 0 N–H and O–H groups in total. The van der Waals surface area contributed by atoms with Gasteiger partial charge in [-0.05, 0) is 88.3 Å². The van der Waals surface area contributed by atoms with Crippen molar-refractivity contribution in [1.82, 2.24) is 0 Å². The standard InChI is InChI=1S/C35H27N.C8H10.2C2H6/c1-26-11-13-29(14-12-26)31-17-22-34(23-18-31)36(35-24-19-28-9-5-6-10-32(28)25-35)33-20-15-30(16-21-33)27-7-3-2-4-8-27;1-2-8-6-4-3-5-7-8;2*1-2/h2-25H,1H3;3-7H,2H2,1H3;2*1-2H3. The molecule has 48 heavy (non-hydrogen) atoms. The molecule has 1 heteroatoms. The number of nitrogens with zero attached hydrogens (tertiary/aromatic N) is 1. The largest absolute Gasteiger partial charge is 0.310 e. The van der Waals surface area contributed by atoms with Crippen molar-refractivity contribution in [1.29, 1.82) is 0 Å². The van der Waals surface area contributed by atoms with Crippen LogP contribution in [0.1, 0.15) is 45.7 Å². The Morgan fingerprint density at radius 3 is 1.25 bits per heavy atom. The molecule has 0 heterocycles. The molecule has 242 valence electrons. The lowest BCUT2D eigenvalue weighted by Crippen LogP contribution is -2.09. The fourth-order valence-corrected chi connectivity index (χ4v) is 5.46. The number of fused-ring (bicyclic) bond motifs is 1. The summed E-state index contributed by atoms with van der Waals surface area (Å²) in [5.41, 5.74) is 11.0. The van der Waals surface area contributed by atoms with E-state index >= 15 is 0 Å². The van der Waals surface area contributed by atoms with Crippen molar-refractivity contribution in [3.05, 3.63) is 187 Å². The van der Waals surface area contributed by atoms with E-state index in [1.54, 1.807) is 0 Å². The van der Waals surface area contributed by atoms with Gasteiger partial charge in [0.2, 0.25) is 0 Å². The summed E-state index contributed by atoms with van der Waals surface area (Å²) in [6.45, 7) is 12.3. The van der Waals surface area contributed by atoms with E-state index in [9.17, 15) is 0 Å². The topological polar surface area (TPSA) is 3.24 Å². The third kappa shape index (κ3) is 9.33. The van der Waals surface area contributed by atoms with Crippen LogP contribution in [0.15, 0.2) is 176 Å². The third-order valence-electron chi connectivity index (χ3n) is 7.99. The predicted octanol–water partition coefficient (Wildman–Crippen LogP) is 14.3. The van der Waals surface area contributed by atoms with E-state index < -0.39 is 0 Å². The molecule has 0 radical (unpaired) electrons. The highest BCUT2D eigenvalue weighted by atomic mass is 15.1. The number of aryl methyl sites for hydroxylation is 2. The van der Waals surface area contributed by atoms with Crippen molar-refractivity contribution < 1.29 is 0 Å². The minimum atomic E-state index is 1.13. The molecule has 7 rings (SSSR count). The van der Waals surface area contributed by atoms with Gasteiger partial charge in [0.15, 0.2) is 0 Å². The van der Waals surface area contributed by atoms with Crippen LogP contribution in [0.2, 0.25) is 0 Å². The molecule has 0 bridgehead atoms. The average Bonchev–Trinajstić information content (AvgIpc) is 3.18. The monoisotopic (exact) mass is 627 g/mol. The van der Waals surface area contributed by atoms with Crippen LogP contribution in [0.4, 0.5) is 17.1 Å². The van der Waals surface area contributed by atoms with Crippen LogP contribution >= 0.6 is 0 Å². The highest BCUT2D eigenvalue weighted by molar-refractivity contribution is 5.89. The van der Waals surface area contributed by atoms with Gasteiger partial charge in [-0.3, -0.25) is 0 Å². The molecule has 7 aromatic rings. The van der Waals surface area contributed by atoms with Crippen LogP contribution in [0.3, 0.4) is 0 Å². The highest BCUT2D eigenvalue weighted by Gasteiger charge is 2.14. The number of anilines is 3. The number of hydrogen-bond acceptors (Lipinski definition) is 1. The summed E-state index contributed by atoms with van der Waals surface area (Å²) < 4.78 is 0. The van der Waals surface area contributed by atoms with Gasteiger partial charge in [0.05, 0.1) is 0 Å². The van der Waals surface area contributed by atoms with Gasteiger partial charge < -0.3 is 4.90 Å². The first-order chi connectivity index (χ1) is 23.7. The first-order valence-electron chi connectivity index (χ1n) is 17.3. The van der Waals surface area contributed by atoms with Crippen LogP contribution in [-0.4, -0.2) is 0 Å². The molecular weight excluding hydrogens is 579 g/mol. The summed E-state index contributed by atoms with van der Waals surface area (Å²) in [6, 6.07) is 62.6. The molecule has 0 fully saturated rings. The van der Waals surface area contributed by atoms with Gasteiger partial charge in [-0.15, -0.1) is 0 Å². The molecule has 0 aliphatic heterocycles. The van der Waals surface area contributed by atoms with Crippen molar-refractivity contribution in [2.24, 2.45) is 0 Å². The summed E-state index contributed by atoms with van der Waals surface area (Å²) in [4.78, 5) is 2.33. The summed E-state index contributed by atoms with van der Waals surface area (Å²) in [5, 5.41) is 2.48. The van der Waals surface area contributed by atoms with Gasteiger partial charge >= 0.3 is 0 Å². The van der Waals surface area contributed by atoms with Gasteiger partial charge in [0.1, 0.15) is 0 Å². The predicted molar refractivity (Wildman–Crippen MR) is 213 cm³/mol. The second kappa shape index (κ2) is 18.7. The maximum Gasteiger partial charge on any atom is 0.0468 e. The molecule has 1 nitrogen and oxygen atoms in total. The van der Waals surface area contributed by atoms with E-state index in [1.807, 2.05) is 33.8 Å². The third-order valence-corrected chi connectivity index (χ3v) is 7.99. The Kier molecular flexibility index (Phi) is 13.8. The Hall–Kier alpha value is -5.40. The molecule has 0 saturated heterocycles. The maximum absolute atomic E-state index is 2.33. The fourth-order valence-electron chi connectivity index (χ4n) is 5.46. The average molecular weight is 628 g/mol. The van der Waals surface area contributed by atoms with Gasteiger partial charge in [-0.2, -0.15) is 0 Å². The summed E-state index contributed by atoms with van der Waals surface area (Å²) in [7, 11) is 0. The van der Waals surface area contributed by atoms with Gasteiger partial charge in [0, 0.05) is 17.1 Å². The van der Waals surface area contributed by atoms with E-state index in [0.717, 1.165) is 23.5 Å². The molecule has 0 unspecified atom stereocenters. The fraction of sp³-hybridized carbons (Fsp3) is 0.149. The molecule has 0 aliphatic rings. The Morgan fingerprint density at radius 2 is 0.771 bits per heavy atom. The SMILES string of the molecule is CC.CC.CCc1ccccc1.Cc1ccc(-c2ccc(N(c3ccc(-c4ccccc4)cc3)c3ccc4ccccc4c3)cc2)cc1. The van der Waals surface area contributed by atoms with Crippen LogP contribution in [-0.2, 0) is 6.42 Å². The van der Waals surface area contributed by atoms with Crippen molar-refractivity contribution in [3.63, 3.8) is 0 Å². The second-order valence-corrected chi connectivity index (χ2v) is 11.0. The van der Waals surface area contributed by atoms with E-state index in [0.29, 0.717) is 0 Å². The van der Waals surface area contributed by atoms with Crippen LogP contribution < -0.4 is 4.90 Å². The zero-order valence-corrected chi connectivity index (χ0v) is 29.4. The van der Waals surface area contributed by atoms with Crippen LogP contribution in [0.25, 0.3) is 33.0 Å². The molecule has 0 aliphatic carbocycles. The molecule has 0 aromatic heterocycles. The van der Waals surface area contributed by atoms with Crippen LogP contribution in [0.5, 0.6) is 0 Å². The summed E-state index contributed by atoms with van der Waals surface area (Å²) in [6.07, 6.45) is 1.14. The molecule has 0 saturated carbocycles. The van der Waals surface area contributed by atoms with Crippen molar-refractivity contribution in [2.45, 2.75) is 48.0 Å². The summed E-state index contributed by atoms with van der Waals surface area (Å²) >= 11 is 0. The first-order valence-corrected chi connectivity index (χ1v) is 17.3. The lowest BCUT2D eigenvalue weighted by Gasteiger charge is -2.26. The van der Waals surface area contributed by atoms with Crippen LogP contribution in [0, 0.1) is 6.92 Å². The lowest BCUT2D eigenvalue weighted by molar-refractivity contribution is 1.14. The Balaban J connectivity index is 0.000000373. The molecular formula is C47H49N. The minimum absolute atomic E-state index is 1.13. The molecule has 0 atom stereocenters. The number of rotatable bonds is 6. The van der Waals surface area contributed by atoms with Crippen molar-refractivity contribution in [2.75, 3.05) is 4.90 Å². The molecule has 7 aromatic carbocycles. The maximum atomic E-state index is 2.33. The Bertz CT molecular complexity index is 1910. The number of benzene rings is 7. The highest BCUT2D eigenvalue weighted by Crippen LogP contribution is 2.38. The Morgan fingerprint density at radius 1 is 0.375 bits per heavy atom. The summed E-state index contributed by atoms with van der Waals surface area (Å²) in [5.74, 6) is 0. The van der Waals surface area contributed by atoms with Crippen molar-refractivity contribution >= 4 is 27.8 Å². The van der Waals surface area contributed by atoms with Gasteiger partial charge in [0.25, 0.3) is 0 Å². The van der Waals surface area contributed by atoms with E-state index in [4.69, 9.17) is 0 Å².